The van der Waals surface area contributed by atoms with E-state index in [0.717, 1.165) is 47.8 Å². The van der Waals surface area contributed by atoms with Crippen LogP contribution in [0.1, 0.15) is 50.3 Å². The van der Waals surface area contributed by atoms with Crippen LogP contribution in [0.2, 0.25) is 5.02 Å². The first-order chi connectivity index (χ1) is 9.99. The Kier molecular flexibility index (Phi) is 5.56. The Labute approximate surface area is 133 Å². The summed E-state index contributed by atoms with van der Waals surface area (Å²) in [5, 5.41) is 0.835. The zero-order valence-electron chi connectivity index (χ0n) is 13.8. The summed E-state index contributed by atoms with van der Waals surface area (Å²) in [5.74, 6) is 1.52. The highest BCUT2D eigenvalue weighted by atomic mass is 35.5. The average molecular weight is 311 g/mol. The summed E-state index contributed by atoms with van der Waals surface area (Å²) in [4.78, 5) is 0. The summed E-state index contributed by atoms with van der Waals surface area (Å²) in [6, 6.07) is 2.01. The van der Waals surface area contributed by atoms with Crippen LogP contribution in [0.15, 0.2) is 6.07 Å². The fourth-order valence-electron chi connectivity index (χ4n) is 2.99. The van der Waals surface area contributed by atoms with E-state index in [1.165, 1.54) is 5.56 Å². The van der Waals surface area contributed by atoms with E-state index >= 15 is 0 Å². The lowest BCUT2D eigenvalue weighted by Gasteiger charge is -2.19. The van der Waals surface area contributed by atoms with Crippen molar-refractivity contribution in [3.05, 3.63) is 27.8 Å². The molecule has 1 saturated heterocycles. The maximum atomic E-state index is 6.37. The molecule has 0 bridgehead atoms. The van der Waals surface area contributed by atoms with Crippen LogP contribution < -0.4 is 4.74 Å². The molecule has 1 aromatic rings. The fourth-order valence-corrected chi connectivity index (χ4v) is 3.27. The number of rotatable bonds is 7. The van der Waals surface area contributed by atoms with Gasteiger partial charge in [0.15, 0.2) is 0 Å². The molecule has 0 aromatic heterocycles. The van der Waals surface area contributed by atoms with E-state index in [9.17, 15) is 0 Å². The van der Waals surface area contributed by atoms with Gasteiger partial charge in [0.1, 0.15) is 5.75 Å². The molecule has 3 unspecified atom stereocenters. The van der Waals surface area contributed by atoms with Gasteiger partial charge in [-0.2, -0.15) is 0 Å². The van der Waals surface area contributed by atoms with E-state index in [-0.39, 0.29) is 0 Å². The summed E-state index contributed by atoms with van der Waals surface area (Å²) < 4.78 is 11.8. The maximum absolute atomic E-state index is 6.37. The van der Waals surface area contributed by atoms with Crippen molar-refractivity contribution in [1.82, 2.24) is 0 Å². The maximum Gasteiger partial charge on any atom is 0.125 e. The third-order valence-electron chi connectivity index (χ3n) is 4.35. The molecule has 1 aliphatic rings. The molecule has 0 spiro atoms. The molecule has 1 fully saturated rings. The van der Waals surface area contributed by atoms with Crippen molar-refractivity contribution in [2.45, 2.75) is 66.1 Å². The first kappa shape index (κ1) is 16.6. The highest BCUT2D eigenvalue weighted by Crippen LogP contribution is 2.38. The predicted molar refractivity (Wildman–Crippen MR) is 88.5 cm³/mol. The molecule has 2 nitrogen and oxygen atoms in total. The van der Waals surface area contributed by atoms with Crippen molar-refractivity contribution in [2.75, 3.05) is 6.61 Å². The van der Waals surface area contributed by atoms with Crippen LogP contribution in [0, 0.1) is 19.8 Å². The molecule has 3 atom stereocenters. The van der Waals surface area contributed by atoms with Gasteiger partial charge in [-0.15, -0.1) is 0 Å². The molecular formula is C18H27ClO2. The molecule has 0 N–H and O–H groups in total. The van der Waals surface area contributed by atoms with Gasteiger partial charge < -0.3 is 9.47 Å². The van der Waals surface area contributed by atoms with Crippen LogP contribution in [-0.2, 0) is 11.2 Å². The van der Waals surface area contributed by atoms with Crippen LogP contribution in [0.4, 0.5) is 0 Å². The van der Waals surface area contributed by atoms with Gasteiger partial charge in [0.25, 0.3) is 0 Å². The Bertz CT molecular complexity index is 498. The normalized spacial score (nSPS) is 22.2. The number of hydrogen-bond donors (Lipinski definition) is 0. The zero-order valence-corrected chi connectivity index (χ0v) is 14.6. The monoisotopic (exact) mass is 310 g/mol. The van der Waals surface area contributed by atoms with E-state index < -0.39 is 0 Å². The van der Waals surface area contributed by atoms with E-state index in [1.54, 1.807) is 0 Å². The summed E-state index contributed by atoms with van der Waals surface area (Å²) in [6.07, 6.45) is 3.92. The smallest absolute Gasteiger partial charge is 0.125 e. The van der Waals surface area contributed by atoms with Crippen LogP contribution in [0.25, 0.3) is 0 Å². The molecule has 0 aliphatic carbocycles. The molecular weight excluding hydrogens is 284 g/mol. The molecule has 21 heavy (non-hydrogen) atoms. The topological polar surface area (TPSA) is 21.8 Å². The Hall–Kier alpha value is -0.730. The van der Waals surface area contributed by atoms with Crippen LogP contribution in [0.3, 0.4) is 0 Å². The summed E-state index contributed by atoms with van der Waals surface area (Å²) in [7, 11) is 0. The number of ether oxygens (including phenoxy) is 2. The van der Waals surface area contributed by atoms with Crippen molar-refractivity contribution in [2.24, 2.45) is 5.92 Å². The molecule has 1 aliphatic heterocycles. The molecule has 0 saturated carbocycles. The fraction of sp³-hybridized carbons (Fsp3) is 0.667. The Morgan fingerprint density at radius 3 is 2.62 bits per heavy atom. The second-order valence-electron chi connectivity index (χ2n) is 6.19. The lowest BCUT2D eigenvalue weighted by Crippen LogP contribution is -2.13. The number of hydrogen-bond acceptors (Lipinski definition) is 2. The van der Waals surface area contributed by atoms with E-state index in [4.69, 9.17) is 21.1 Å². The zero-order chi connectivity index (χ0) is 15.6. The van der Waals surface area contributed by atoms with Gasteiger partial charge in [-0.25, -0.2) is 0 Å². The summed E-state index contributed by atoms with van der Waals surface area (Å²) >= 11 is 6.37. The second kappa shape index (κ2) is 7.02. The second-order valence-corrected chi connectivity index (χ2v) is 6.59. The van der Waals surface area contributed by atoms with Gasteiger partial charge in [-0.3, -0.25) is 0 Å². The SMILES string of the molecule is CCCOc1c(C)cc(Cl)c(C)c1CC(C)C1OC1CC. The third-order valence-corrected chi connectivity index (χ3v) is 4.74. The minimum absolute atomic E-state index is 0.396. The predicted octanol–water partition coefficient (Wildman–Crippen LogP) is 5.10. The van der Waals surface area contributed by atoms with Gasteiger partial charge in [-0.05, 0) is 61.8 Å². The van der Waals surface area contributed by atoms with E-state index in [2.05, 4.69) is 34.6 Å². The average Bonchev–Trinajstić information content (AvgIpc) is 3.23. The number of aryl methyl sites for hydroxylation is 1. The van der Waals surface area contributed by atoms with Gasteiger partial charge in [0.05, 0.1) is 18.8 Å². The lowest BCUT2D eigenvalue weighted by molar-refractivity contribution is 0.302. The van der Waals surface area contributed by atoms with Crippen molar-refractivity contribution in [1.29, 1.82) is 0 Å². The molecule has 3 heteroatoms. The summed E-state index contributed by atoms with van der Waals surface area (Å²) in [6.45, 7) is 11.5. The lowest BCUT2D eigenvalue weighted by atomic mass is 9.91. The Morgan fingerprint density at radius 2 is 2.05 bits per heavy atom. The highest BCUT2D eigenvalue weighted by Gasteiger charge is 2.41. The van der Waals surface area contributed by atoms with Crippen molar-refractivity contribution in [3.63, 3.8) is 0 Å². The van der Waals surface area contributed by atoms with Crippen LogP contribution in [-0.4, -0.2) is 18.8 Å². The first-order valence-electron chi connectivity index (χ1n) is 8.06. The van der Waals surface area contributed by atoms with Crippen LogP contribution >= 0.6 is 11.6 Å². The van der Waals surface area contributed by atoms with Gasteiger partial charge in [0.2, 0.25) is 0 Å². The van der Waals surface area contributed by atoms with Crippen molar-refractivity contribution >= 4 is 11.6 Å². The molecule has 1 aromatic carbocycles. The molecule has 1 heterocycles. The number of epoxide rings is 1. The largest absolute Gasteiger partial charge is 0.493 e. The highest BCUT2D eigenvalue weighted by molar-refractivity contribution is 6.31. The first-order valence-corrected chi connectivity index (χ1v) is 8.44. The number of benzene rings is 1. The van der Waals surface area contributed by atoms with Crippen LogP contribution in [0.5, 0.6) is 5.75 Å². The Morgan fingerprint density at radius 1 is 1.33 bits per heavy atom. The Balaban J connectivity index is 2.23. The van der Waals surface area contributed by atoms with E-state index in [0.29, 0.717) is 18.1 Å². The molecule has 0 radical (unpaired) electrons. The minimum atomic E-state index is 0.396. The van der Waals surface area contributed by atoms with Gasteiger partial charge in [-0.1, -0.05) is 32.4 Å². The minimum Gasteiger partial charge on any atom is -0.493 e. The summed E-state index contributed by atoms with van der Waals surface area (Å²) in [5.41, 5.74) is 3.53. The molecule has 118 valence electrons. The van der Waals surface area contributed by atoms with Crippen molar-refractivity contribution in [3.8, 4) is 5.75 Å². The molecule has 0 amide bonds. The van der Waals surface area contributed by atoms with Gasteiger partial charge >= 0.3 is 0 Å². The van der Waals surface area contributed by atoms with Gasteiger partial charge in [0, 0.05) is 5.02 Å². The molecule has 2 rings (SSSR count). The number of halogens is 1. The third kappa shape index (κ3) is 3.73. The quantitative estimate of drug-likeness (QED) is 0.653. The van der Waals surface area contributed by atoms with E-state index in [1.807, 2.05) is 6.07 Å². The van der Waals surface area contributed by atoms with Crippen molar-refractivity contribution < 1.29 is 9.47 Å². The standard InChI is InChI=1S/C18H27ClO2/c1-6-8-20-17-12(4)10-15(19)13(5)14(17)9-11(3)18-16(7-2)21-18/h10-11,16,18H,6-9H2,1-5H3.